The minimum Gasteiger partial charge on any atom is -0.398 e. The van der Waals surface area contributed by atoms with Gasteiger partial charge < -0.3 is 11.1 Å². The zero-order chi connectivity index (χ0) is 16.6. The average molecular weight is 315 g/mol. The number of nitrogens with two attached hydrogens (primary N) is 1. The first-order valence-electron chi connectivity index (χ1n) is 8.03. The predicted molar refractivity (Wildman–Crippen MR) is 85.8 cm³/mol. The first-order chi connectivity index (χ1) is 11.0. The highest BCUT2D eigenvalue weighted by Crippen LogP contribution is 2.27. The molecule has 2 atom stereocenters. The molecule has 1 heterocycles. The Labute approximate surface area is 135 Å². The number of anilines is 1. The molecule has 3 N–H and O–H groups in total. The molecule has 0 aromatic heterocycles. The van der Waals surface area contributed by atoms with E-state index in [1.165, 1.54) is 6.42 Å². The van der Waals surface area contributed by atoms with Crippen molar-refractivity contribution in [2.24, 2.45) is 5.92 Å². The van der Waals surface area contributed by atoms with E-state index in [0.29, 0.717) is 5.92 Å². The van der Waals surface area contributed by atoms with Crippen LogP contribution in [0.15, 0.2) is 18.2 Å². The predicted octanol–water partition coefficient (Wildman–Crippen LogP) is 1.56. The van der Waals surface area contributed by atoms with E-state index in [4.69, 9.17) is 5.73 Å². The Bertz CT molecular complexity index is 671. The lowest BCUT2D eigenvalue weighted by Crippen LogP contribution is -2.46. The van der Waals surface area contributed by atoms with Gasteiger partial charge >= 0.3 is 0 Å². The maximum Gasteiger partial charge on any atom is 0.264 e. The summed E-state index contributed by atoms with van der Waals surface area (Å²) in [6.45, 7) is 1.86. The Hall–Kier alpha value is -2.37. The van der Waals surface area contributed by atoms with Crippen LogP contribution in [0.2, 0.25) is 0 Å². The van der Waals surface area contributed by atoms with Crippen LogP contribution in [-0.4, -0.2) is 35.2 Å². The number of carbonyl (C=O) groups is 3. The molecule has 2 aliphatic rings. The lowest BCUT2D eigenvalue weighted by Gasteiger charge is -2.30. The summed E-state index contributed by atoms with van der Waals surface area (Å²) < 4.78 is 0. The van der Waals surface area contributed by atoms with Crippen molar-refractivity contribution in [2.45, 2.75) is 38.6 Å². The number of imide groups is 1. The van der Waals surface area contributed by atoms with Crippen LogP contribution in [0.4, 0.5) is 5.69 Å². The molecule has 0 spiro atoms. The summed E-state index contributed by atoms with van der Waals surface area (Å²) in [5, 5.41) is 2.96. The Morgan fingerprint density at radius 2 is 2.00 bits per heavy atom. The van der Waals surface area contributed by atoms with Gasteiger partial charge in [0.1, 0.15) is 6.54 Å². The second-order valence-corrected chi connectivity index (χ2v) is 6.40. The highest BCUT2D eigenvalue weighted by molar-refractivity contribution is 6.24. The molecule has 1 saturated carbocycles. The van der Waals surface area contributed by atoms with Crippen LogP contribution in [0.3, 0.4) is 0 Å². The van der Waals surface area contributed by atoms with Gasteiger partial charge in [-0.3, -0.25) is 19.3 Å². The second kappa shape index (κ2) is 6.02. The number of amides is 3. The zero-order valence-corrected chi connectivity index (χ0v) is 13.2. The molecule has 0 unspecified atom stereocenters. The summed E-state index contributed by atoms with van der Waals surface area (Å²) in [5.41, 5.74) is 6.53. The number of rotatable bonds is 3. The third kappa shape index (κ3) is 2.81. The van der Waals surface area contributed by atoms with Crippen molar-refractivity contribution >= 4 is 23.4 Å². The molecule has 1 aromatic rings. The van der Waals surface area contributed by atoms with Gasteiger partial charge in [0.2, 0.25) is 5.91 Å². The SMILES string of the molecule is C[C@@H]1CCCC[C@@H]1NC(=O)CN1C(=O)c2cccc(N)c2C1=O. The number of benzene rings is 1. The van der Waals surface area contributed by atoms with E-state index >= 15 is 0 Å². The first-order valence-corrected chi connectivity index (χ1v) is 8.03. The van der Waals surface area contributed by atoms with Crippen molar-refractivity contribution in [3.05, 3.63) is 29.3 Å². The monoisotopic (exact) mass is 315 g/mol. The smallest absolute Gasteiger partial charge is 0.264 e. The fourth-order valence-corrected chi connectivity index (χ4v) is 3.43. The van der Waals surface area contributed by atoms with E-state index < -0.39 is 11.8 Å². The van der Waals surface area contributed by atoms with Crippen LogP contribution < -0.4 is 11.1 Å². The number of nitrogen functional groups attached to an aromatic ring is 1. The number of carbonyl (C=O) groups excluding carboxylic acids is 3. The van der Waals surface area contributed by atoms with Crippen molar-refractivity contribution in [3.8, 4) is 0 Å². The number of nitrogens with zero attached hydrogens (tertiary/aromatic N) is 1. The molecule has 1 fully saturated rings. The van der Waals surface area contributed by atoms with E-state index in [1.54, 1.807) is 18.2 Å². The molecule has 1 aliphatic carbocycles. The topological polar surface area (TPSA) is 92.5 Å². The van der Waals surface area contributed by atoms with Crippen LogP contribution in [0.5, 0.6) is 0 Å². The summed E-state index contributed by atoms with van der Waals surface area (Å²) in [4.78, 5) is 37.9. The van der Waals surface area contributed by atoms with Crippen LogP contribution in [-0.2, 0) is 4.79 Å². The summed E-state index contributed by atoms with van der Waals surface area (Å²) in [5.74, 6) is -0.818. The van der Waals surface area contributed by atoms with Crippen molar-refractivity contribution < 1.29 is 14.4 Å². The maximum absolute atomic E-state index is 12.4. The molecule has 3 rings (SSSR count). The van der Waals surface area contributed by atoms with Crippen molar-refractivity contribution in [2.75, 3.05) is 12.3 Å². The van der Waals surface area contributed by atoms with Gasteiger partial charge in [-0.2, -0.15) is 0 Å². The second-order valence-electron chi connectivity index (χ2n) is 6.40. The number of nitrogens with one attached hydrogen (secondary N) is 1. The van der Waals surface area contributed by atoms with E-state index in [2.05, 4.69) is 12.2 Å². The van der Waals surface area contributed by atoms with E-state index in [-0.39, 0.29) is 35.3 Å². The lowest BCUT2D eigenvalue weighted by molar-refractivity contribution is -0.122. The van der Waals surface area contributed by atoms with Crippen LogP contribution in [0.25, 0.3) is 0 Å². The van der Waals surface area contributed by atoms with Gasteiger partial charge in [0, 0.05) is 11.7 Å². The Morgan fingerprint density at radius 1 is 1.26 bits per heavy atom. The summed E-state index contributed by atoms with van der Waals surface area (Å²) >= 11 is 0. The third-order valence-corrected chi connectivity index (χ3v) is 4.79. The average Bonchev–Trinajstić information content (AvgIpc) is 2.76. The molecule has 122 valence electrons. The van der Waals surface area contributed by atoms with Crippen molar-refractivity contribution in [1.29, 1.82) is 0 Å². The Kier molecular flexibility index (Phi) is 4.07. The number of fused-ring (bicyclic) bond motifs is 1. The maximum atomic E-state index is 12.4. The molecule has 0 saturated heterocycles. The zero-order valence-electron chi connectivity index (χ0n) is 13.2. The van der Waals surface area contributed by atoms with E-state index in [1.807, 2.05) is 0 Å². The first kappa shape index (κ1) is 15.5. The molecule has 23 heavy (non-hydrogen) atoms. The van der Waals surface area contributed by atoms with Gasteiger partial charge in [0.05, 0.1) is 11.1 Å². The highest BCUT2D eigenvalue weighted by Gasteiger charge is 2.38. The molecule has 6 heteroatoms. The van der Waals surface area contributed by atoms with Gasteiger partial charge in [-0.25, -0.2) is 0 Å². The van der Waals surface area contributed by atoms with Crippen molar-refractivity contribution in [1.82, 2.24) is 10.2 Å². The quantitative estimate of drug-likeness (QED) is 0.654. The minimum atomic E-state index is -0.491. The summed E-state index contributed by atoms with van der Waals surface area (Å²) in [6.07, 6.45) is 4.32. The van der Waals surface area contributed by atoms with Gasteiger partial charge in [-0.15, -0.1) is 0 Å². The summed E-state index contributed by atoms with van der Waals surface area (Å²) in [6, 6.07) is 4.90. The highest BCUT2D eigenvalue weighted by atomic mass is 16.2. The van der Waals surface area contributed by atoms with E-state index in [9.17, 15) is 14.4 Å². The number of hydrogen-bond donors (Lipinski definition) is 2. The largest absolute Gasteiger partial charge is 0.398 e. The third-order valence-electron chi connectivity index (χ3n) is 4.79. The molecule has 1 aliphatic heterocycles. The minimum absolute atomic E-state index is 0.122. The van der Waals surface area contributed by atoms with E-state index in [0.717, 1.165) is 24.2 Å². The Balaban J connectivity index is 1.69. The van der Waals surface area contributed by atoms with Gasteiger partial charge in [-0.1, -0.05) is 25.8 Å². The van der Waals surface area contributed by atoms with Gasteiger partial charge in [-0.05, 0) is 30.9 Å². The fraction of sp³-hybridized carbons (Fsp3) is 0.471. The molecule has 0 bridgehead atoms. The summed E-state index contributed by atoms with van der Waals surface area (Å²) in [7, 11) is 0. The van der Waals surface area contributed by atoms with Crippen LogP contribution in [0.1, 0.15) is 53.3 Å². The number of hydrogen-bond acceptors (Lipinski definition) is 4. The Morgan fingerprint density at radius 3 is 2.70 bits per heavy atom. The molecular formula is C17H21N3O3. The fourth-order valence-electron chi connectivity index (χ4n) is 3.43. The van der Waals surface area contributed by atoms with Gasteiger partial charge in [0.25, 0.3) is 11.8 Å². The van der Waals surface area contributed by atoms with Crippen molar-refractivity contribution in [3.63, 3.8) is 0 Å². The van der Waals surface area contributed by atoms with Crippen LogP contribution >= 0.6 is 0 Å². The van der Waals surface area contributed by atoms with Crippen LogP contribution in [0, 0.1) is 5.92 Å². The van der Waals surface area contributed by atoms with Gasteiger partial charge in [0.15, 0.2) is 0 Å². The molecule has 6 nitrogen and oxygen atoms in total. The normalized spacial score (nSPS) is 23.8. The molecule has 1 aromatic carbocycles. The molecule has 0 radical (unpaired) electrons. The standard InChI is InChI=1S/C17H21N3O3/c1-10-5-2-3-8-13(10)19-14(21)9-20-16(22)11-6-4-7-12(18)15(11)17(20)23/h4,6-7,10,13H,2-3,5,8-9,18H2,1H3,(H,19,21)/t10-,13+/m1/s1. The molecular weight excluding hydrogens is 294 g/mol. The molecule has 3 amide bonds. The lowest BCUT2D eigenvalue weighted by atomic mass is 9.86.